The van der Waals surface area contributed by atoms with Crippen molar-refractivity contribution in [1.29, 1.82) is 0 Å². The van der Waals surface area contributed by atoms with Crippen LogP contribution in [0.3, 0.4) is 0 Å². The summed E-state index contributed by atoms with van der Waals surface area (Å²) in [5.41, 5.74) is 6.14. The zero-order valence-corrected chi connectivity index (χ0v) is 20.0. The molecule has 12 nitrogen and oxygen atoms in total. The molecule has 1 saturated heterocycles. The molecule has 1 aromatic carbocycles. The summed E-state index contributed by atoms with van der Waals surface area (Å²) in [4.78, 5) is 60.4. The molecule has 0 aliphatic carbocycles. The van der Waals surface area contributed by atoms with Crippen LogP contribution in [0.5, 0.6) is 5.75 Å². The van der Waals surface area contributed by atoms with E-state index in [1.54, 1.807) is 12.1 Å². The summed E-state index contributed by atoms with van der Waals surface area (Å²) in [5.74, 6) is -2.59. The summed E-state index contributed by atoms with van der Waals surface area (Å²) < 4.78 is 5.17. The molecular weight excluding hydrogens is 458 g/mol. The molecular formula is C23H33N5O7. The number of epoxide rings is 1. The van der Waals surface area contributed by atoms with Crippen molar-refractivity contribution in [2.24, 2.45) is 11.7 Å². The van der Waals surface area contributed by atoms with E-state index in [-0.39, 0.29) is 43.5 Å². The smallest absolute Gasteiger partial charge is 0.253 e. The van der Waals surface area contributed by atoms with Crippen LogP contribution >= 0.6 is 0 Å². The number of carbonyl (C=O) groups is 5. The predicted octanol–water partition coefficient (Wildman–Crippen LogP) is -1.54. The monoisotopic (exact) mass is 491 g/mol. The highest BCUT2D eigenvalue weighted by Gasteiger charge is 2.50. The summed E-state index contributed by atoms with van der Waals surface area (Å²) in [6.45, 7) is 5.52. The first kappa shape index (κ1) is 27.6. The van der Waals surface area contributed by atoms with E-state index in [1.807, 2.05) is 13.8 Å². The molecule has 1 aliphatic rings. The van der Waals surface area contributed by atoms with E-state index >= 15 is 0 Å². The van der Waals surface area contributed by atoms with Gasteiger partial charge < -0.3 is 36.8 Å². The van der Waals surface area contributed by atoms with Crippen molar-refractivity contribution in [3.05, 3.63) is 29.8 Å². The lowest BCUT2D eigenvalue weighted by Gasteiger charge is -2.23. The van der Waals surface area contributed by atoms with Gasteiger partial charge in [-0.05, 0) is 30.0 Å². The van der Waals surface area contributed by atoms with Crippen molar-refractivity contribution in [3.8, 4) is 5.75 Å². The van der Waals surface area contributed by atoms with E-state index in [0.717, 1.165) is 0 Å². The quantitative estimate of drug-likeness (QED) is 0.142. The van der Waals surface area contributed by atoms with Gasteiger partial charge in [-0.1, -0.05) is 26.0 Å². The van der Waals surface area contributed by atoms with Crippen LogP contribution in [-0.2, 0) is 35.1 Å². The third kappa shape index (κ3) is 9.24. The Balaban J connectivity index is 1.93. The Kier molecular flexibility index (Phi) is 10.0. The fourth-order valence-corrected chi connectivity index (χ4v) is 3.36. The van der Waals surface area contributed by atoms with Crippen LogP contribution in [0.15, 0.2) is 24.3 Å². The van der Waals surface area contributed by atoms with Crippen LogP contribution in [0.2, 0.25) is 0 Å². The fraction of sp³-hybridized carbons (Fsp3) is 0.522. The van der Waals surface area contributed by atoms with Crippen LogP contribution in [-0.4, -0.2) is 72.0 Å². The highest BCUT2D eigenvalue weighted by Crippen LogP contribution is 2.23. The number of rotatable bonds is 13. The maximum Gasteiger partial charge on any atom is 0.253 e. The molecule has 1 fully saturated rings. The van der Waals surface area contributed by atoms with Crippen LogP contribution in [0.25, 0.3) is 0 Å². The molecule has 5 amide bonds. The second-order valence-electron chi connectivity index (χ2n) is 8.78. The SMILES string of the molecule is CC(=O)NCCNC(=O)C1O[C@@H]1C(=O)N[C@@H](CC(C)C)C(=O)N[C@@H](Cc1ccc(O)cc1)C(N)=O. The Morgan fingerprint density at radius 1 is 0.943 bits per heavy atom. The largest absolute Gasteiger partial charge is 0.508 e. The number of nitrogens with one attached hydrogen (secondary N) is 4. The highest BCUT2D eigenvalue weighted by molar-refractivity contribution is 5.97. The normalized spacial score (nSPS) is 18.2. The van der Waals surface area contributed by atoms with E-state index in [9.17, 15) is 29.1 Å². The lowest BCUT2D eigenvalue weighted by atomic mass is 10.0. The Hall–Kier alpha value is -3.67. The summed E-state index contributed by atoms with van der Waals surface area (Å²) >= 11 is 0. The van der Waals surface area contributed by atoms with Gasteiger partial charge in [-0.3, -0.25) is 24.0 Å². The number of primary amides is 1. The molecule has 1 heterocycles. The van der Waals surface area contributed by atoms with Gasteiger partial charge in [-0.15, -0.1) is 0 Å². The van der Waals surface area contributed by atoms with Crippen LogP contribution in [0.1, 0.15) is 32.8 Å². The minimum Gasteiger partial charge on any atom is -0.508 e. The number of phenolic OH excluding ortho intramolecular Hbond substituents is 1. The molecule has 0 radical (unpaired) electrons. The topological polar surface area (TPSA) is 192 Å². The minimum atomic E-state index is -1.04. The maximum absolute atomic E-state index is 12.9. The summed E-state index contributed by atoms with van der Waals surface area (Å²) in [6, 6.07) is 4.13. The number of hydrogen-bond acceptors (Lipinski definition) is 7. The molecule has 0 saturated carbocycles. The summed E-state index contributed by atoms with van der Waals surface area (Å²) in [7, 11) is 0. The fourth-order valence-electron chi connectivity index (χ4n) is 3.36. The number of nitrogens with two attached hydrogens (primary N) is 1. The van der Waals surface area contributed by atoms with E-state index in [4.69, 9.17) is 10.5 Å². The Bertz CT molecular complexity index is 935. The van der Waals surface area contributed by atoms with Gasteiger partial charge in [0.2, 0.25) is 17.7 Å². The number of aromatic hydroxyl groups is 1. The van der Waals surface area contributed by atoms with Crippen molar-refractivity contribution in [3.63, 3.8) is 0 Å². The lowest BCUT2D eigenvalue weighted by Crippen LogP contribution is -2.54. The molecule has 192 valence electrons. The molecule has 4 atom stereocenters. The zero-order valence-electron chi connectivity index (χ0n) is 20.0. The van der Waals surface area contributed by atoms with Crippen molar-refractivity contribution < 1.29 is 33.8 Å². The van der Waals surface area contributed by atoms with Crippen molar-refractivity contribution in [2.75, 3.05) is 13.1 Å². The van der Waals surface area contributed by atoms with Crippen molar-refractivity contribution >= 4 is 29.5 Å². The number of phenols is 1. The molecule has 12 heteroatoms. The van der Waals surface area contributed by atoms with Gasteiger partial charge >= 0.3 is 0 Å². The summed E-state index contributed by atoms with van der Waals surface area (Å²) in [6.07, 6.45) is -1.64. The standard InChI is InChI=1S/C23H33N5O7/c1-12(2)10-17(21(32)27-16(20(24)31)11-14-4-6-15(30)7-5-14)28-23(34)19-18(35-19)22(33)26-9-8-25-13(3)29/h4-7,12,16-19,30H,8-11H2,1-3H3,(H2,24,31)(H,25,29)(H,26,33)(H,27,32)(H,28,34)/t16-,17-,18?,19-/m0/s1. The van der Waals surface area contributed by atoms with Gasteiger partial charge in [0.15, 0.2) is 12.2 Å². The Morgan fingerprint density at radius 3 is 2.11 bits per heavy atom. The minimum absolute atomic E-state index is 0.0307. The molecule has 1 aromatic rings. The Morgan fingerprint density at radius 2 is 1.54 bits per heavy atom. The lowest BCUT2D eigenvalue weighted by molar-refractivity contribution is -0.132. The molecule has 1 aliphatic heterocycles. The van der Waals surface area contributed by atoms with Gasteiger partial charge in [0.1, 0.15) is 17.8 Å². The highest BCUT2D eigenvalue weighted by atomic mass is 16.6. The van der Waals surface area contributed by atoms with Crippen LogP contribution in [0, 0.1) is 5.92 Å². The summed E-state index contributed by atoms with van der Waals surface area (Å²) in [5, 5.41) is 19.7. The van der Waals surface area contributed by atoms with E-state index in [0.29, 0.717) is 5.56 Å². The molecule has 7 N–H and O–H groups in total. The molecule has 35 heavy (non-hydrogen) atoms. The van der Waals surface area contributed by atoms with E-state index in [1.165, 1.54) is 19.1 Å². The van der Waals surface area contributed by atoms with Crippen LogP contribution < -0.4 is 27.0 Å². The average Bonchev–Trinajstić information content (AvgIpc) is 3.57. The van der Waals surface area contributed by atoms with E-state index < -0.39 is 47.9 Å². The first-order valence-electron chi connectivity index (χ1n) is 11.3. The number of carbonyl (C=O) groups excluding carboxylic acids is 5. The van der Waals surface area contributed by atoms with Crippen molar-refractivity contribution in [2.45, 2.75) is 57.9 Å². The first-order chi connectivity index (χ1) is 16.5. The number of ether oxygens (including phenoxy) is 1. The number of amides is 5. The second-order valence-corrected chi connectivity index (χ2v) is 8.78. The van der Waals surface area contributed by atoms with Gasteiger partial charge in [0, 0.05) is 26.4 Å². The zero-order chi connectivity index (χ0) is 26.1. The predicted molar refractivity (Wildman–Crippen MR) is 125 cm³/mol. The molecule has 2 rings (SSSR count). The number of hydrogen-bond donors (Lipinski definition) is 6. The van der Waals surface area contributed by atoms with Gasteiger partial charge in [0.05, 0.1) is 0 Å². The van der Waals surface area contributed by atoms with Crippen molar-refractivity contribution in [1.82, 2.24) is 21.3 Å². The molecule has 0 spiro atoms. The third-order valence-electron chi connectivity index (χ3n) is 5.18. The molecule has 0 bridgehead atoms. The van der Waals surface area contributed by atoms with Gasteiger partial charge in [-0.2, -0.15) is 0 Å². The van der Waals surface area contributed by atoms with Gasteiger partial charge in [-0.25, -0.2) is 0 Å². The average molecular weight is 492 g/mol. The van der Waals surface area contributed by atoms with Gasteiger partial charge in [0.25, 0.3) is 11.8 Å². The first-order valence-corrected chi connectivity index (χ1v) is 11.3. The number of benzene rings is 1. The molecule has 0 aromatic heterocycles. The van der Waals surface area contributed by atoms with E-state index in [2.05, 4.69) is 21.3 Å². The second kappa shape index (κ2) is 12.7. The molecule has 1 unspecified atom stereocenters. The van der Waals surface area contributed by atoms with Crippen LogP contribution in [0.4, 0.5) is 0 Å². The maximum atomic E-state index is 12.9. The Labute approximate surface area is 203 Å². The third-order valence-corrected chi connectivity index (χ3v) is 5.18.